The summed E-state index contributed by atoms with van der Waals surface area (Å²) >= 11 is 0. The van der Waals surface area contributed by atoms with Crippen LogP contribution in [0.4, 0.5) is 0 Å². The minimum Gasteiger partial charge on any atom is -0.379 e. The number of nitrogens with zero attached hydrogens (tertiary/aromatic N) is 3. The van der Waals surface area contributed by atoms with Gasteiger partial charge in [-0.25, -0.2) is 4.68 Å². The Hall–Kier alpha value is -0.980. The van der Waals surface area contributed by atoms with Crippen LogP contribution < -0.4 is 5.32 Å². The van der Waals surface area contributed by atoms with Crippen molar-refractivity contribution >= 4 is 0 Å². The van der Waals surface area contributed by atoms with E-state index < -0.39 is 0 Å². The lowest BCUT2D eigenvalue weighted by molar-refractivity contribution is 0.0345. The zero-order chi connectivity index (χ0) is 14.6. The summed E-state index contributed by atoms with van der Waals surface area (Å²) in [6.07, 6.45) is 3.09. The lowest BCUT2D eigenvalue weighted by Crippen LogP contribution is -2.14. The van der Waals surface area contributed by atoms with Gasteiger partial charge in [-0.2, -0.15) is 0 Å². The van der Waals surface area contributed by atoms with Crippen molar-refractivity contribution < 1.29 is 9.47 Å². The predicted molar refractivity (Wildman–Crippen MR) is 78.5 cm³/mol. The van der Waals surface area contributed by atoms with E-state index in [4.69, 9.17) is 9.47 Å². The van der Waals surface area contributed by atoms with Crippen LogP contribution in [0, 0.1) is 5.92 Å². The van der Waals surface area contributed by atoms with Crippen LogP contribution >= 0.6 is 0 Å². The normalized spacial score (nSPS) is 11.4. The molecule has 6 heteroatoms. The molecule has 0 saturated carbocycles. The van der Waals surface area contributed by atoms with Crippen molar-refractivity contribution in [3.63, 3.8) is 0 Å². The molecule has 1 heterocycles. The first-order chi connectivity index (χ1) is 9.72. The topological polar surface area (TPSA) is 61.2 Å². The van der Waals surface area contributed by atoms with Crippen molar-refractivity contribution in [2.75, 3.05) is 33.0 Å². The molecule has 1 N–H and O–H groups in total. The number of aromatic nitrogens is 3. The molecule has 0 fully saturated rings. The summed E-state index contributed by atoms with van der Waals surface area (Å²) in [5.41, 5.74) is 0.971. The first-order valence-corrected chi connectivity index (χ1v) is 7.47. The maximum Gasteiger partial charge on any atom is 0.0964 e. The maximum absolute atomic E-state index is 5.50. The molecule has 116 valence electrons. The molecular formula is C14H28N4O2. The standard InChI is InChI=1S/C14H28N4O2/c1-4-5-15-10-14-11-18(17-16-14)6-7-19-8-9-20-12-13(2)3/h11,13,15H,4-10,12H2,1-3H3. The van der Waals surface area contributed by atoms with Crippen molar-refractivity contribution in [3.05, 3.63) is 11.9 Å². The molecule has 0 radical (unpaired) electrons. The molecule has 1 rings (SSSR count). The van der Waals surface area contributed by atoms with Gasteiger partial charge in [0.1, 0.15) is 0 Å². The van der Waals surface area contributed by atoms with Crippen molar-refractivity contribution in [2.45, 2.75) is 40.3 Å². The van der Waals surface area contributed by atoms with Gasteiger partial charge in [-0.1, -0.05) is 26.0 Å². The third kappa shape index (κ3) is 8.24. The molecule has 0 aliphatic heterocycles. The molecule has 0 spiro atoms. The monoisotopic (exact) mass is 284 g/mol. The molecule has 0 aromatic carbocycles. The van der Waals surface area contributed by atoms with E-state index in [0.29, 0.717) is 25.7 Å². The van der Waals surface area contributed by atoms with Crippen molar-refractivity contribution in [2.24, 2.45) is 5.92 Å². The Morgan fingerprint density at radius 2 is 2.05 bits per heavy atom. The van der Waals surface area contributed by atoms with Gasteiger partial charge in [-0.15, -0.1) is 5.10 Å². The molecule has 20 heavy (non-hydrogen) atoms. The summed E-state index contributed by atoms with van der Waals surface area (Å²) in [4.78, 5) is 0. The average Bonchev–Trinajstić information content (AvgIpc) is 2.85. The zero-order valence-electron chi connectivity index (χ0n) is 13.0. The Balaban J connectivity index is 2.01. The minimum absolute atomic E-state index is 0.574. The highest BCUT2D eigenvalue weighted by Crippen LogP contribution is 1.94. The third-order valence-corrected chi connectivity index (χ3v) is 2.61. The smallest absolute Gasteiger partial charge is 0.0964 e. The van der Waals surface area contributed by atoms with E-state index in [1.165, 1.54) is 0 Å². The Kier molecular flexibility index (Phi) is 9.19. The second kappa shape index (κ2) is 10.8. The van der Waals surface area contributed by atoms with Crippen LogP contribution in [0.25, 0.3) is 0 Å². The Labute approximate surface area is 121 Å². The van der Waals surface area contributed by atoms with E-state index in [-0.39, 0.29) is 0 Å². The van der Waals surface area contributed by atoms with Crippen LogP contribution in [0.1, 0.15) is 32.9 Å². The van der Waals surface area contributed by atoms with E-state index >= 15 is 0 Å². The van der Waals surface area contributed by atoms with E-state index in [9.17, 15) is 0 Å². The molecule has 0 aliphatic rings. The molecule has 0 saturated heterocycles. The third-order valence-electron chi connectivity index (χ3n) is 2.61. The summed E-state index contributed by atoms with van der Waals surface area (Å²) < 4.78 is 12.8. The predicted octanol–water partition coefficient (Wildman–Crippen LogP) is 1.47. The van der Waals surface area contributed by atoms with Gasteiger partial charge >= 0.3 is 0 Å². The highest BCUT2D eigenvalue weighted by molar-refractivity contribution is 4.91. The number of hydrogen-bond donors (Lipinski definition) is 1. The van der Waals surface area contributed by atoms with Crippen LogP contribution in [0.2, 0.25) is 0 Å². The van der Waals surface area contributed by atoms with E-state index in [2.05, 4.69) is 36.4 Å². The summed E-state index contributed by atoms with van der Waals surface area (Å²) in [6.45, 7) is 11.6. The zero-order valence-corrected chi connectivity index (χ0v) is 13.0. The molecule has 0 amide bonds. The van der Waals surface area contributed by atoms with Gasteiger partial charge < -0.3 is 14.8 Å². The van der Waals surface area contributed by atoms with Gasteiger partial charge in [0.15, 0.2) is 0 Å². The fraction of sp³-hybridized carbons (Fsp3) is 0.857. The van der Waals surface area contributed by atoms with Crippen LogP contribution in [0.15, 0.2) is 6.20 Å². The first-order valence-electron chi connectivity index (χ1n) is 7.47. The molecule has 6 nitrogen and oxygen atoms in total. The van der Waals surface area contributed by atoms with Gasteiger partial charge in [0, 0.05) is 19.3 Å². The van der Waals surface area contributed by atoms with Crippen LogP contribution in [0.5, 0.6) is 0 Å². The van der Waals surface area contributed by atoms with Gasteiger partial charge in [-0.05, 0) is 18.9 Å². The van der Waals surface area contributed by atoms with Crippen LogP contribution in [-0.2, 0) is 22.6 Å². The molecule has 0 atom stereocenters. The van der Waals surface area contributed by atoms with E-state index in [1.54, 1.807) is 0 Å². The Morgan fingerprint density at radius 3 is 2.80 bits per heavy atom. The lowest BCUT2D eigenvalue weighted by Gasteiger charge is -2.07. The summed E-state index contributed by atoms with van der Waals surface area (Å²) in [6, 6.07) is 0. The van der Waals surface area contributed by atoms with Gasteiger partial charge in [-0.3, -0.25) is 0 Å². The highest BCUT2D eigenvalue weighted by Gasteiger charge is 2.00. The number of nitrogens with one attached hydrogen (secondary N) is 1. The molecule has 1 aromatic heterocycles. The summed E-state index contributed by atoms with van der Waals surface area (Å²) in [7, 11) is 0. The second-order valence-corrected chi connectivity index (χ2v) is 5.23. The lowest BCUT2D eigenvalue weighted by atomic mass is 10.2. The number of hydrogen-bond acceptors (Lipinski definition) is 5. The maximum atomic E-state index is 5.50. The van der Waals surface area contributed by atoms with E-state index in [0.717, 1.165) is 38.4 Å². The van der Waals surface area contributed by atoms with E-state index in [1.807, 2.05) is 10.9 Å². The SMILES string of the molecule is CCCNCc1cn(CCOCCOCC(C)C)nn1. The number of ether oxygens (including phenoxy) is 2. The molecular weight excluding hydrogens is 256 g/mol. The van der Waals surface area contributed by atoms with Crippen molar-refractivity contribution in [3.8, 4) is 0 Å². The second-order valence-electron chi connectivity index (χ2n) is 5.23. The largest absolute Gasteiger partial charge is 0.379 e. The quantitative estimate of drug-likeness (QED) is 0.589. The summed E-state index contributed by atoms with van der Waals surface area (Å²) in [5.74, 6) is 0.574. The fourth-order valence-corrected chi connectivity index (χ4v) is 1.62. The van der Waals surface area contributed by atoms with Gasteiger partial charge in [0.2, 0.25) is 0 Å². The molecule has 0 unspecified atom stereocenters. The Morgan fingerprint density at radius 1 is 1.25 bits per heavy atom. The number of rotatable bonds is 12. The molecule has 0 bridgehead atoms. The van der Waals surface area contributed by atoms with Crippen molar-refractivity contribution in [1.29, 1.82) is 0 Å². The first kappa shape index (κ1) is 17.1. The molecule has 1 aromatic rings. The fourth-order valence-electron chi connectivity index (χ4n) is 1.62. The average molecular weight is 284 g/mol. The van der Waals surface area contributed by atoms with Crippen LogP contribution in [0.3, 0.4) is 0 Å². The minimum atomic E-state index is 0.574. The van der Waals surface area contributed by atoms with Gasteiger partial charge in [0.25, 0.3) is 0 Å². The highest BCUT2D eigenvalue weighted by atomic mass is 16.5. The Bertz CT molecular complexity index is 342. The van der Waals surface area contributed by atoms with Crippen LogP contribution in [-0.4, -0.2) is 48.0 Å². The van der Waals surface area contributed by atoms with Crippen molar-refractivity contribution in [1.82, 2.24) is 20.3 Å². The summed E-state index contributed by atoms with van der Waals surface area (Å²) in [5, 5.41) is 11.5. The molecule has 0 aliphatic carbocycles. The van der Waals surface area contributed by atoms with Gasteiger partial charge in [0.05, 0.1) is 32.1 Å².